The lowest BCUT2D eigenvalue weighted by atomic mass is 10.1. The number of carbonyl (C=O) groups excluding carboxylic acids is 2. The Balaban J connectivity index is 3.68. The maximum absolute atomic E-state index is 11.9. The van der Waals surface area contributed by atoms with E-state index in [-0.39, 0.29) is 30.9 Å². The van der Waals surface area contributed by atoms with Crippen LogP contribution in [0.3, 0.4) is 0 Å². The highest BCUT2D eigenvalue weighted by molar-refractivity contribution is 5.77. The molecule has 0 aliphatic carbocycles. The SMILES string of the molecule is CCCCCCCCC/C=C/COC(=O)CCC(=O)OC(CCC)CCCC. The molecule has 28 heavy (non-hydrogen) atoms. The molecule has 0 aliphatic rings. The molecule has 0 aromatic carbocycles. The first-order valence-corrected chi connectivity index (χ1v) is 11.6. The third-order valence-electron chi connectivity index (χ3n) is 4.80. The topological polar surface area (TPSA) is 52.6 Å². The zero-order valence-corrected chi connectivity index (χ0v) is 18.7. The van der Waals surface area contributed by atoms with Gasteiger partial charge in [-0.25, -0.2) is 0 Å². The number of allylic oxidation sites excluding steroid dienone is 1. The third kappa shape index (κ3) is 18.1. The van der Waals surface area contributed by atoms with Gasteiger partial charge in [-0.05, 0) is 25.7 Å². The van der Waals surface area contributed by atoms with Crippen LogP contribution >= 0.6 is 0 Å². The molecule has 0 saturated heterocycles. The molecule has 0 aromatic rings. The van der Waals surface area contributed by atoms with E-state index in [9.17, 15) is 9.59 Å². The minimum Gasteiger partial charge on any atom is -0.462 e. The Kier molecular flexibility index (Phi) is 19.5. The van der Waals surface area contributed by atoms with Gasteiger partial charge < -0.3 is 9.47 Å². The molecule has 0 radical (unpaired) electrons. The van der Waals surface area contributed by atoms with Gasteiger partial charge in [-0.1, -0.05) is 90.7 Å². The summed E-state index contributed by atoms with van der Waals surface area (Å²) in [4.78, 5) is 23.6. The molecule has 0 rings (SSSR count). The molecule has 0 spiro atoms. The van der Waals surface area contributed by atoms with Gasteiger partial charge in [0.2, 0.25) is 0 Å². The molecule has 4 nitrogen and oxygen atoms in total. The highest BCUT2D eigenvalue weighted by Crippen LogP contribution is 2.13. The van der Waals surface area contributed by atoms with Gasteiger partial charge in [-0.3, -0.25) is 9.59 Å². The Morgan fingerprint density at radius 2 is 1.36 bits per heavy atom. The first-order chi connectivity index (χ1) is 13.6. The fourth-order valence-electron chi connectivity index (χ4n) is 3.08. The predicted molar refractivity (Wildman–Crippen MR) is 116 cm³/mol. The van der Waals surface area contributed by atoms with Gasteiger partial charge in [0.25, 0.3) is 0 Å². The van der Waals surface area contributed by atoms with Crippen molar-refractivity contribution in [2.24, 2.45) is 0 Å². The Morgan fingerprint density at radius 1 is 0.714 bits per heavy atom. The summed E-state index contributed by atoms with van der Waals surface area (Å²) >= 11 is 0. The molecular formula is C24H44O4. The zero-order valence-electron chi connectivity index (χ0n) is 18.7. The lowest BCUT2D eigenvalue weighted by Crippen LogP contribution is -2.19. The fraction of sp³-hybridized carbons (Fsp3) is 0.833. The van der Waals surface area contributed by atoms with Crippen molar-refractivity contribution in [2.45, 2.75) is 123 Å². The summed E-state index contributed by atoms with van der Waals surface area (Å²) in [5.74, 6) is -0.626. The van der Waals surface area contributed by atoms with Crippen molar-refractivity contribution in [3.63, 3.8) is 0 Å². The molecule has 1 unspecified atom stereocenters. The molecule has 0 aliphatic heterocycles. The molecule has 0 heterocycles. The first-order valence-electron chi connectivity index (χ1n) is 11.6. The van der Waals surface area contributed by atoms with Crippen molar-refractivity contribution in [3.05, 3.63) is 12.2 Å². The van der Waals surface area contributed by atoms with Gasteiger partial charge in [-0.15, -0.1) is 0 Å². The first kappa shape index (κ1) is 26.7. The highest BCUT2D eigenvalue weighted by atomic mass is 16.5. The van der Waals surface area contributed by atoms with E-state index in [2.05, 4.69) is 26.8 Å². The second-order valence-corrected chi connectivity index (χ2v) is 7.61. The lowest BCUT2D eigenvalue weighted by Gasteiger charge is -2.16. The van der Waals surface area contributed by atoms with Crippen molar-refractivity contribution < 1.29 is 19.1 Å². The van der Waals surface area contributed by atoms with Gasteiger partial charge in [0.15, 0.2) is 0 Å². The second kappa shape index (κ2) is 20.4. The van der Waals surface area contributed by atoms with E-state index >= 15 is 0 Å². The molecule has 0 amide bonds. The summed E-state index contributed by atoms with van der Waals surface area (Å²) in [7, 11) is 0. The van der Waals surface area contributed by atoms with E-state index in [4.69, 9.17) is 9.47 Å². The van der Waals surface area contributed by atoms with Crippen molar-refractivity contribution >= 4 is 11.9 Å². The second-order valence-electron chi connectivity index (χ2n) is 7.61. The van der Waals surface area contributed by atoms with Crippen LogP contribution in [0.2, 0.25) is 0 Å². The van der Waals surface area contributed by atoms with Crippen molar-refractivity contribution in [3.8, 4) is 0 Å². The number of hydrogen-bond donors (Lipinski definition) is 0. The summed E-state index contributed by atoms with van der Waals surface area (Å²) in [5.41, 5.74) is 0. The van der Waals surface area contributed by atoms with Crippen molar-refractivity contribution in [2.75, 3.05) is 6.61 Å². The van der Waals surface area contributed by atoms with E-state index in [1.54, 1.807) is 0 Å². The summed E-state index contributed by atoms with van der Waals surface area (Å²) in [6.07, 6.45) is 19.3. The normalized spacial score (nSPS) is 12.2. The van der Waals surface area contributed by atoms with Gasteiger partial charge in [0, 0.05) is 0 Å². The van der Waals surface area contributed by atoms with E-state index in [0.29, 0.717) is 6.61 Å². The molecule has 4 heteroatoms. The van der Waals surface area contributed by atoms with Crippen LogP contribution in [0.5, 0.6) is 0 Å². The van der Waals surface area contributed by atoms with Crippen LogP contribution in [0.4, 0.5) is 0 Å². The number of esters is 2. The minimum absolute atomic E-state index is 0.0111. The van der Waals surface area contributed by atoms with Crippen LogP contribution < -0.4 is 0 Å². The smallest absolute Gasteiger partial charge is 0.306 e. The number of rotatable bonds is 19. The van der Waals surface area contributed by atoms with E-state index < -0.39 is 0 Å². The highest BCUT2D eigenvalue weighted by Gasteiger charge is 2.15. The van der Waals surface area contributed by atoms with Crippen LogP contribution in [0.25, 0.3) is 0 Å². The van der Waals surface area contributed by atoms with Crippen LogP contribution in [-0.4, -0.2) is 24.6 Å². The maximum atomic E-state index is 11.9. The molecule has 0 bridgehead atoms. The third-order valence-corrected chi connectivity index (χ3v) is 4.80. The standard InChI is InChI=1S/C24H44O4/c1-4-7-9-10-11-12-13-14-15-16-21-27-23(25)19-20-24(26)28-22(17-6-3)18-8-5-2/h15-16,22H,4-14,17-21H2,1-3H3/b16-15+. The van der Waals surface area contributed by atoms with Gasteiger partial charge in [0.1, 0.15) is 12.7 Å². The maximum Gasteiger partial charge on any atom is 0.306 e. The predicted octanol–water partition coefficient (Wildman–Crippen LogP) is 6.91. The minimum atomic E-state index is -0.335. The number of ether oxygens (including phenoxy) is 2. The number of hydrogen-bond acceptors (Lipinski definition) is 4. The Hall–Kier alpha value is -1.32. The van der Waals surface area contributed by atoms with E-state index in [1.807, 2.05) is 6.08 Å². The Bertz CT molecular complexity index is 403. The number of unbranched alkanes of at least 4 members (excludes halogenated alkanes) is 8. The molecule has 164 valence electrons. The van der Waals surface area contributed by atoms with Gasteiger partial charge >= 0.3 is 11.9 Å². The van der Waals surface area contributed by atoms with Crippen molar-refractivity contribution in [1.82, 2.24) is 0 Å². The average molecular weight is 397 g/mol. The molecule has 0 saturated carbocycles. The largest absolute Gasteiger partial charge is 0.462 e. The van der Waals surface area contributed by atoms with Crippen LogP contribution in [0.15, 0.2) is 12.2 Å². The molecule has 1 atom stereocenters. The summed E-state index contributed by atoms with van der Waals surface area (Å²) in [5, 5.41) is 0. The monoisotopic (exact) mass is 396 g/mol. The van der Waals surface area contributed by atoms with Gasteiger partial charge in [-0.2, -0.15) is 0 Å². The van der Waals surface area contributed by atoms with E-state index in [0.717, 1.165) is 38.5 Å². The quantitative estimate of drug-likeness (QED) is 0.135. The average Bonchev–Trinajstić information content (AvgIpc) is 2.68. The summed E-state index contributed by atoms with van der Waals surface area (Å²) < 4.78 is 10.6. The van der Waals surface area contributed by atoms with Gasteiger partial charge in [0.05, 0.1) is 12.8 Å². The van der Waals surface area contributed by atoms with Crippen molar-refractivity contribution in [1.29, 1.82) is 0 Å². The summed E-state index contributed by atoms with van der Waals surface area (Å²) in [6.45, 7) is 6.75. The Labute approximate surface area is 173 Å². The Morgan fingerprint density at radius 3 is 2.04 bits per heavy atom. The van der Waals surface area contributed by atoms with Crippen LogP contribution in [0, 0.1) is 0 Å². The molecule has 0 fully saturated rings. The summed E-state index contributed by atoms with van der Waals surface area (Å²) in [6, 6.07) is 0. The van der Waals surface area contributed by atoms with Crippen LogP contribution in [0.1, 0.15) is 117 Å². The number of carbonyl (C=O) groups is 2. The van der Waals surface area contributed by atoms with Crippen LogP contribution in [-0.2, 0) is 19.1 Å². The molecule has 0 N–H and O–H groups in total. The molecule has 0 aromatic heterocycles. The lowest BCUT2D eigenvalue weighted by molar-refractivity contribution is -0.153. The van der Waals surface area contributed by atoms with E-state index in [1.165, 1.54) is 44.9 Å². The zero-order chi connectivity index (χ0) is 20.9. The fourth-order valence-corrected chi connectivity index (χ4v) is 3.08. The molecular weight excluding hydrogens is 352 g/mol.